The molecule has 2 aliphatic rings. The van der Waals surface area contributed by atoms with Crippen molar-refractivity contribution in [1.82, 2.24) is 10.2 Å². The first-order chi connectivity index (χ1) is 8.22. The summed E-state index contributed by atoms with van der Waals surface area (Å²) >= 11 is 0. The Morgan fingerprint density at radius 3 is 2.71 bits per heavy atom. The maximum atomic E-state index is 12.4. The maximum absolute atomic E-state index is 12.4. The van der Waals surface area contributed by atoms with E-state index in [1.54, 1.807) is 0 Å². The van der Waals surface area contributed by atoms with Gasteiger partial charge in [0.15, 0.2) is 0 Å². The number of carbonyl (C=O) groups excluding carboxylic acids is 2. The minimum atomic E-state index is 0.0187. The fourth-order valence-corrected chi connectivity index (χ4v) is 2.37. The Bertz CT molecular complexity index is 290. The number of hydrogen-bond donors (Lipinski definition) is 1. The Hall–Kier alpha value is -1.06. The highest BCUT2D eigenvalue weighted by molar-refractivity contribution is 5.84. The van der Waals surface area contributed by atoms with E-state index in [0.29, 0.717) is 19.0 Å². The standard InChI is InChI=1S/C13H22N2O2/c1-2-3-8-15(11-5-6-11)13(17)10-4-7-12(16)14-9-10/h10-11H,2-9H2,1H3,(H,14,16). The summed E-state index contributed by atoms with van der Waals surface area (Å²) in [6.07, 6.45) is 5.75. The zero-order valence-corrected chi connectivity index (χ0v) is 10.6. The smallest absolute Gasteiger partial charge is 0.227 e. The predicted octanol–water partition coefficient (Wildman–Crippen LogP) is 1.30. The van der Waals surface area contributed by atoms with Crippen molar-refractivity contribution in [1.29, 1.82) is 0 Å². The van der Waals surface area contributed by atoms with Crippen LogP contribution in [-0.4, -0.2) is 35.8 Å². The molecule has 1 aliphatic carbocycles. The van der Waals surface area contributed by atoms with Crippen molar-refractivity contribution in [3.05, 3.63) is 0 Å². The van der Waals surface area contributed by atoms with E-state index < -0.39 is 0 Å². The lowest BCUT2D eigenvalue weighted by Gasteiger charge is -2.29. The lowest BCUT2D eigenvalue weighted by atomic mass is 9.97. The molecule has 0 spiro atoms. The zero-order valence-electron chi connectivity index (χ0n) is 10.6. The van der Waals surface area contributed by atoms with Crippen LogP contribution in [0.5, 0.6) is 0 Å². The minimum Gasteiger partial charge on any atom is -0.355 e. The Balaban J connectivity index is 1.88. The van der Waals surface area contributed by atoms with Gasteiger partial charge in [-0.25, -0.2) is 0 Å². The van der Waals surface area contributed by atoms with Gasteiger partial charge in [0, 0.05) is 25.6 Å². The van der Waals surface area contributed by atoms with Crippen molar-refractivity contribution in [2.75, 3.05) is 13.1 Å². The second-order valence-electron chi connectivity index (χ2n) is 5.16. The average molecular weight is 238 g/mol. The molecule has 4 nitrogen and oxygen atoms in total. The first-order valence-corrected chi connectivity index (χ1v) is 6.79. The van der Waals surface area contributed by atoms with E-state index >= 15 is 0 Å². The summed E-state index contributed by atoms with van der Waals surface area (Å²) in [4.78, 5) is 25.5. The van der Waals surface area contributed by atoms with Crippen molar-refractivity contribution in [3.63, 3.8) is 0 Å². The van der Waals surface area contributed by atoms with Crippen molar-refractivity contribution < 1.29 is 9.59 Å². The monoisotopic (exact) mass is 238 g/mol. The van der Waals surface area contributed by atoms with Crippen LogP contribution in [0.25, 0.3) is 0 Å². The Labute approximate surface area is 103 Å². The largest absolute Gasteiger partial charge is 0.355 e. The summed E-state index contributed by atoms with van der Waals surface area (Å²) < 4.78 is 0. The number of unbranched alkanes of at least 4 members (excludes halogenated alkanes) is 1. The maximum Gasteiger partial charge on any atom is 0.227 e. The Morgan fingerprint density at radius 1 is 1.41 bits per heavy atom. The third kappa shape index (κ3) is 3.20. The van der Waals surface area contributed by atoms with Gasteiger partial charge >= 0.3 is 0 Å². The summed E-state index contributed by atoms with van der Waals surface area (Å²) in [5, 5.41) is 2.80. The van der Waals surface area contributed by atoms with Crippen molar-refractivity contribution in [2.45, 2.75) is 51.5 Å². The SMILES string of the molecule is CCCCN(C(=O)C1CCC(=O)NC1)C1CC1. The topological polar surface area (TPSA) is 49.4 Å². The highest BCUT2D eigenvalue weighted by Gasteiger charge is 2.36. The fourth-order valence-electron chi connectivity index (χ4n) is 2.37. The van der Waals surface area contributed by atoms with Crippen LogP contribution in [0.15, 0.2) is 0 Å². The van der Waals surface area contributed by atoms with Gasteiger partial charge in [-0.1, -0.05) is 13.3 Å². The summed E-state index contributed by atoms with van der Waals surface area (Å²) in [5.74, 6) is 0.367. The first kappa shape index (κ1) is 12.4. The highest BCUT2D eigenvalue weighted by Crippen LogP contribution is 2.29. The van der Waals surface area contributed by atoms with Crippen molar-refractivity contribution in [2.24, 2.45) is 5.92 Å². The van der Waals surface area contributed by atoms with Gasteiger partial charge in [-0.15, -0.1) is 0 Å². The van der Waals surface area contributed by atoms with Gasteiger partial charge in [0.1, 0.15) is 0 Å². The summed E-state index contributed by atoms with van der Waals surface area (Å²) in [6.45, 7) is 3.58. The molecule has 2 rings (SSSR count). The zero-order chi connectivity index (χ0) is 12.3. The second kappa shape index (κ2) is 5.52. The lowest BCUT2D eigenvalue weighted by Crippen LogP contribution is -2.46. The molecule has 0 radical (unpaired) electrons. The molecule has 2 fully saturated rings. The van der Waals surface area contributed by atoms with Crippen molar-refractivity contribution in [3.8, 4) is 0 Å². The Morgan fingerprint density at radius 2 is 2.18 bits per heavy atom. The Kier molecular flexibility index (Phi) is 4.02. The van der Waals surface area contributed by atoms with Crippen molar-refractivity contribution >= 4 is 11.8 Å². The van der Waals surface area contributed by atoms with Gasteiger partial charge in [0.2, 0.25) is 11.8 Å². The van der Waals surface area contributed by atoms with Gasteiger partial charge in [0.25, 0.3) is 0 Å². The van der Waals surface area contributed by atoms with Crippen LogP contribution in [0.3, 0.4) is 0 Å². The molecule has 17 heavy (non-hydrogen) atoms. The third-order valence-corrected chi connectivity index (χ3v) is 3.64. The molecule has 0 aromatic heterocycles. The molecule has 1 heterocycles. The molecule has 2 amide bonds. The molecular weight excluding hydrogens is 216 g/mol. The number of piperidine rings is 1. The fraction of sp³-hybridized carbons (Fsp3) is 0.846. The van der Waals surface area contributed by atoms with E-state index in [4.69, 9.17) is 0 Å². The van der Waals surface area contributed by atoms with Gasteiger partial charge in [-0.2, -0.15) is 0 Å². The second-order valence-corrected chi connectivity index (χ2v) is 5.16. The van der Waals surface area contributed by atoms with E-state index in [1.165, 1.54) is 0 Å². The van der Waals surface area contributed by atoms with Crippen LogP contribution >= 0.6 is 0 Å². The predicted molar refractivity (Wildman–Crippen MR) is 65.4 cm³/mol. The summed E-state index contributed by atoms with van der Waals surface area (Å²) in [6, 6.07) is 0.492. The highest BCUT2D eigenvalue weighted by atomic mass is 16.2. The van der Waals surface area contributed by atoms with Gasteiger partial charge in [-0.05, 0) is 25.7 Å². The number of carbonyl (C=O) groups is 2. The number of nitrogens with one attached hydrogen (secondary N) is 1. The molecule has 96 valence electrons. The summed E-state index contributed by atoms with van der Waals surface area (Å²) in [7, 11) is 0. The van der Waals surface area contributed by atoms with Crippen LogP contribution in [0, 0.1) is 5.92 Å². The van der Waals surface area contributed by atoms with E-state index in [1.807, 2.05) is 0 Å². The molecular formula is C13H22N2O2. The van der Waals surface area contributed by atoms with Crippen LogP contribution in [-0.2, 0) is 9.59 Å². The molecule has 1 saturated carbocycles. The molecule has 1 atom stereocenters. The van der Waals surface area contributed by atoms with Gasteiger partial charge in [-0.3, -0.25) is 9.59 Å². The molecule has 1 aliphatic heterocycles. The molecule has 4 heteroatoms. The lowest BCUT2D eigenvalue weighted by molar-refractivity contribution is -0.138. The quantitative estimate of drug-likeness (QED) is 0.785. The first-order valence-electron chi connectivity index (χ1n) is 6.79. The number of rotatable bonds is 5. The van der Waals surface area contributed by atoms with Gasteiger partial charge in [0.05, 0.1) is 5.92 Å². The number of hydrogen-bond acceptors (Lipinski definition) is 2. The van der Waals surface area contributed by atoms with E-state index in [9.17, 15) is 9.59 Å². The molecule has 0 aromatic rings. The third-order valence-electron chi connectivity index (χ3n) is 3.64. The average Bonchev–Trinajstić information content (AvgIpc) is 3.14. The molecule has 1 N–H and O–H groups in total. The molecule has 0 aromatic carbocycles. The normalized spacial score (nSPS) is 24.3. The van der Waals surface area contributed by atoms with Crippen LogP contribution in [0.2, 0.25) is 0 Å². The van der Waals surface area contributed by atoms with Crippen LogP contribution in [0.4, 0.5) is 0 Å². The van der Waals surface area contributed by atoms with Crippen LogP contribution < -0.4 is 5.32 Å². The summed E-state index contributed by atoms with van der Waals surface area (Å²) in [5.41, 5.74) is 0. The van der Waals surface area contributed by atoms with E-state index in [2.05, 4.69) is 17.1 Å². The van der Waals surface area contributed by atoms with Gasteiger partial charge < -0.3 is 10.2 Å². The van der Waals surface area contributed by atoms with Crippen LogP contribution in [0.1, 0.15) is 45.4 Å². The number of nitrogens with zero attached hydrogens (tertiary/aromatic N) is 1. The molecule has 1 unspecified atom stereocenters. The minimum absolute atomic E-state index is 0.0187. The van der Waals surface area contributed by atoms with E-state index in [-0.39, 0.29) is 17.7 Å². The molecule has 0 bridgehead atoms. The van der Waals surface area contributed by atoms with E-state index in [0.717, 1.165) is 38.6 Å². The molecule has 1 saturated heterocycles. The number of amides is 2.